The van der Waals surface area contributed by atoms with Crippen molar-refractivity contribution in [3.8, 4) is 0 Å². The van der Waals surface area contributed by atoms with Crippen LogP contribution < -0.4 is 0 Å². The van der Waals surface area contributed by atoms with Crippen molar-refractivity contribution >= 4 is 20.8 Å². The normalized spacial score (nSPS) is 17.2. The summed E-state index contributed by atoms with van der Waals surface area (Å²) < 4.78 is 31.5. The summed E-state index contributed by atoms with van der Waals surface area (Å²) in [4.78, 5) is 0.343. The summed E-state index contributed by atoms with van der Waals surface area (Å²) in [6.45, 7) is 5.21. The Kier molecular flexibility index (Phi) is 4.53. The molecule has 5 heteroatoms. The Hall–Kier alpha value is -2.89. The summed E-state index contributed by atoms with van der Waals surface area (Å²) in [7, 11) is -3.68. The summed E-state index contributed by atoms with van der Waals surface area (Å²) in [6, 6.07) is 23.2. The van der Waals surface area contributed by atoms with Crippen LogP contribution in [0.4, 0.5) is 0 Å². The minimum absolute atomic E-state index is 0.342. The fraction of sp³-hybridized carbons (Fsp3) is 0.200. The number of benzene rings is 3. The maximum atomic E-state index is 13.8. The van der Waals surface area contributed by atoms with Crippen LogP contribution in [0.15, 0.2) is 83.9 Å². The predicted molar refractivity (Wildman–Crippen MR) is 120 cm³/mol. The lowest BCUT2D eigenvalue weighted by Crippen LogP contribution is -2.42. The average molecular weight is 417 g/mol. The smallest absolute Gasteiger partial charge is 0.244 e. The molecule has 5 rings (SSSR count). The van der Waals surface area contributed by atoms with Gasteiger partial charge in [-0.15, -0.1) is 0 Å². The third-order valence-corrected chi connectivity index (χ3v) is 7.90. The molecule has 30 heavy (non-hydrogen) atoms. The molecule has 4 aromatic rings. The number of hydrogen-bond acceptors (Lipinski definition) is 2. The number of nitrogens with zero attached hydrogens (tertiary/aromatic N) is 2. The monoisotopic (exact) mass is 416 g/mol. The topological polar surface area (TPSA) is 42.3 Å². The van der Waals surface area contributed by atoms with Crippen molar-refractivity contribution in [3.63, 3.8) is 0 Å². The van der Waals surface area contributed by atoms with Gasteiger partial charge in [-0.05, 0) is 60.0 Å². The van der Waals surface area contributed by atoms with E-state index in [4.69, 9.17) is 0 Å². The van der Waals surface area contributed by atoms with Crippen LogP contribution in [0.25, 0.3) is 10.8 Å². The van der Waals surface area contributed by atoms with Gasteiger partial charge < -0.3 is 4.57 Å². The SMILES string of the molecule is Cc1ccc(C2c3cccn3CCN2S(=O)(=O)c2ccc3ccccc3c2)c(C)c1. The molecule has 0 saturated heterocycles. The second-order valence-corrected chi connectivity index (χ2v) is 9.90. The fourth-order valence-corrected chi connectivity index (χ4v) is 6.14. The number of aromatic nitrogens is 1. The van der Waals surface area contributed by atoms with Crippen LogP contribution in [0.1, 0.15) is 28.4 Å². The summed E-state index contributed by atoms with van der Waals surface area (Å²) in [6.07, 6.45) is 2.03. The molecule has 0 radical (unpaired) electrons. The van der Waals surface area contributed by atoms with E-state index in [1.807, 2.05) is 48.7 Å². The number of aryl methyl sites for hydroxylation is 2. The van der Waals surface area contributed by atoms with Crippen molar-refractivity contribution in [2.24, 2.45) is 0 Å². The molecular formula is C25H24N2O2S. The highest BCUT2D eigenvalue weighted by Gasteiger charge is 2.38. The summed E-state index contributed by atoms with van der Waals surface area (Å²) >= 11 is 0. The van der Waals surface area contributed by atoms with E-state index < -0.39 is 10.0 Å². The van der Waals surface area contributed by atoms with Gasteiger partial charge in [0.2, 0.25) is 10.0 Å². The van der Waals surface area contributed by atoms with Gasteiger partial charge in [0.15, 0.2) is 0 Å². The van der Waals surface area contributed by atoms with Gasteiger partial charge in [-0.25, -0.2) is 8.42 Å². The van der Waals surface area contributed by atoms with Gasteiger partial charge in [0, 0.05) is 25.0 Å². The fourth-order valence-electron chi connectivity index (χ4n) is 4.53. The van der Waals surface area contributed by atoms with E-state index in [2.05, 4.69) is 36.6 Å². The van der Waals surface area contributed by atoms with Crippen molar-refractivity contribution in [2.45, 2.75) is 31.3 Å². The number of sulfonamides is 1. The second kappa shape index (κ2) is 7.11. The largest absolute Gasteiger partial charge is 0.348 e. The third-order valence-electron chi connectivity index (χ3n) is 6.04. The van der Waals surface area contributed by atoms with E-state index >= 15 is 0 Å². The quantitative estimate of drug-likeness (QED) is 0.469. The summed E-state index contributed by atoms with van der Waals surface area (Å²) in [5.41, 5.74) is 4.32. The van der Waals surface area contributed by atoms with E-state index in [0.29, 0.717) is 18.0 Å². The highest BCUT2D eigenvalue weighted by molar-refractivity contribution is 7.89. The Balaban J connectivity index is 1.67. The van der Waals surface area contributed by atoms with Gasteiger partial charge in [0.1, 0.15) is 0 Å². The molecule has 1 aliphatic heterocycles. The summed E-state index contributed by atoms with van der Waals surface area (Å²) in [5, 5.41) is 1.97. The first-order valence-electron chi connectivity index (χ1n) is 10.2. The Labute approximate surface area is 177 Å². The zero-order valence-corrected chi connectivity index (χ0v) is 17.9. The van der Waals surface area contributed by atoms with Crippen LogP contribution in [-0.4, -0.2) is 23.8 Å². The number of rotatable bonds is 3. The standard InChI is InChI=1S/C25H24N2O2S/c1-18-9-12-23(19(2)16-18)25-24-8-5-13-26(24)14-15-27(25)30(28,29)22-11-10-20-6-3-4-7-21(20)17-22/h3-13,16-17,25H,14-15H2,1-2H3. The minimum Gasteiger partial charge on any atom is -0.348 e. The predicted octanol–water partition coefficient (Wildman–Crippen LogP) is 5.05. The summed E-state index contributed by atoms with van der Waals surface area (Å²) in [5.74, 6) is 0. The van der Waals surface area contributed by atoms with Crippen LogP contribution in [0.2, 0.25) is 0 Å². The molecule has 0 spiro atoms. The van der Waals surface area contributed by atoms with Gasteiger partial charge >= 0.3 is 0 Å². The first-order chi connectivity index (χ1) is 14.4. The molecule has 1 unspecified atom stereocenters. The van der Waals surface area contributed by atoms with Crippen LogP contribution in [0.3, 0.4) is 0 Å². The number of fused-ring (bicyclic) bond motifs is 2. The maximum Gasteiger partial charge on any atom is 0.244 e. The molecule has 1 atom stereocenters. The molecule has 0 amide bonds. The van der Waals surface area contributed by atoms with E-state index in [1.165, 1.54) is 5.56 Å². The molecular weight excluding hydrogens is 392 g/mol. The van der Waals surface area contributed by atoms with Gasteiger partial charge in [-0.2, -0.15) is 4.31 Å². The lowest BCUT2D eigenvalue weighted by Gasteiger charge is -2.37. The first kappa shape index (κ1) is 19.1. The van der Waals surface area contributed by atoms with Gasteiger partial charge in [-0.3, -0.25) is 0 Å². The Morgan fingerprint density at radius 2 is 1.63 bits per heavy atom. The maximum absolute atomic E-state index is 13.8. The van der Waals surface area contributed by atoms with Crippen molar-refractivity contribution < 1.29 is 8.42 Å². The number of hydrogen-bond donors (Lipinski definition) is 0. The molecule has 0 N–H and O–H groups in total. The average Bonchev–Trinajstić information content (AvgIpc) is 3.22. The Morgan fingerprint density at radius 1 is 0.833 bits per heavy atom. The van der Waals surface area contributed by atoms with Crippen LogP contribution >= 0.6 is 0 Å². The van der Waals surface area contributed by atoms with Crippen molar-refractivity contribution in [3.05, 3.63) is 101 Å². The first-order valence-corrected chi connectivity index (χ1v) is 11.6. The third kappa shape index (κ3) is 3.06. The molecule has 0 fully saturated rings. The van der Waals surface area contributed by atoms with E-state index in [1.54, 1.807) is 16.4 Å². The molecule has 2 heterocycles. The van der Waals surface area contributed by atoms with Crippen molar-refractivity contribution in [1.29, 1.82) is 0 Å². The molecule has 0 aliphatic carbocycles. The van der Waals surface area contributed by atoms with Crippen LogP contribution in [-0.2, 0) is 16.6 Å². The Bertz CT molecular complexity index is 1350. The zero-order valence-electron chi connectivity index (χ0n) is 17.1. The highest BCUT2D eigenvalue weighted by atomic mass is 32.2. The van der Waals surface area contributed by atoms with Gasteiger partial charge in [0.25, 0.3) is 0 Å². The van der Waals surface area contributed by atoms with Gasteiger partial charge in [-0.1, -0.05) is 54.1 Å². The highest BCUT2D eigenvalue weighted by Crippen LogP contribution is 2.38. The van der Waals surface area contributed by atoms with E-state index in [9.17, 15) is 8.42 Å². The van der Waals surface area contributed by atoms with Crippen molar-refractivity contribution in [2.75, 3.05) is 6.54 Å². The lowest BCUT2D eigenvalue weighted by atomic mass is 9.96. The zero-order chi connectivity index (χ0) is 20.9. The molecule has 152 valence electrons. The molecule has 0 saturated carbocycles. The van der Waals surface area contributed by atoms with Gasteiger partial charge in [0.05, 0.1) is 10.9 Å². The Morgan fingerprint density at radius 3 is 2.43 bits per heavy atom. The van der Waals surface area contributed by atoms with Crippen LogP contribution in [0, 0.1) is 13.8 Å². The molecule has 3 aromatic carbocycles. The minimum atomic E-state index is -3.68. The molecule has 1 aliphatic rings. The molecule has 1 aromatic heterocycles. The molecule has 4 nitrogen and oxygen atoms in total. The van der Waals surface area contributed by atoms with Crippen molar-refractivity contribution in [1.82, 2.24) is 8.87 Å². The molecule has 0 bridgehead atoms. The van der Waals surface area contributed by atoms with E-state index in [-0.39, 0.29) is 6.04 Å². The lowest BCUT2D eigenvalue weighted by molar-refractivity contribution is 0.298. The van der Waals surface area contributed by atoms with Crippen LogP contribution in [0.5, 0.6) is 0 Å². The second-order valence-electron chi connectivity index (χ2n) is 8.01. The van der Waals surface area contributed by atoms with E-state index in [0.717, 1.165) is 27.6 Å².